The van der Waals surface area contributed by atoms with Crippen molar-refractivity contribution in [2.75, 3.05) is 46.7 Å². The third-order valence-electron chi connectivity index (χ3n) is 14.4. The molecule has 4 saturated heterocycles. The number of ether oxygens (including phenoxy) is 7. The monoisotopic (exact) mass is 1100 g/mol. The van der Waals surface area contributed by atoms with E-state index in [1.54, 1.807) is 27.0 Å². The van der Waals surface area contributed by atoms with Gasteiger partial charge in [0.05, 0.1) is 53.7 Å². The summed E-state index contributed by atoms with van der Waals surface area (Å²) in [7, 11) is 3.45. The van der Waals surface area contributed by atoms with E-state index in [1.807, 2.05) is 67.6 Å². The fourth-order valence-electron chi connectivity index (χ4n) is 10.6. The Hall–Kier alpha value is -0.396. The molecular weight excluding hydrogens is 997 g/mol. The minimum absolute atomic E-state index is 0.0247. The molecule has 3 N–H and O–H groups in total. The Bertz CT molecular complexity index is 1550. The first-order chi connectivity index (χ1) is 32.1. The molecule has 0 saturated carbocycles. The van der Waals surface area contributed by atoms with Crippen LogP contribution >= 0.6 is 15.9 Å². The number of rotatable bonds is 12. The molecule has 18 heteroatoms. The maximum atomic E-state index is 14.6. The molecule has 0 amide bonds. The van der Waals surface area contributed by atoms with Crippen molar-refractivity contribution in [1.82, 2.24) is 9.80 Å². The highest BCUT2D eigenvalue weighted by molar-refractivity contribution is 9.09. The summed E-state index contributed by atoms with van der Waals surface area (Å²) in [6, 6.07) is -0.540. The van der Waals surface area contributed by atoms with Gasteiger partial charge < -0.3 is 67.1 Å². The molecule has 4 aliphatic rings. The number of hydrogen-bond acceptors (Lipinski definition) is 15. The quantitative estimate of drug-likeness (QED) is 0.0738. The molecule has 0 aromatic rings. The van der Waals surface area contributed by atoms with Gasteiger partial charge in [0.25, 0.3) is 0 Å². The summed E-state index contributed by atoms with van der Waals surface area (Å²) >= 11 is 3.13. The van der Waals surface area contributed by atoms with Crippen molar-refractivity contribution >= 4 is 38.5 Å². The number of halogens is 1. The van der Waals surface area contributed by atoms with Crippen molar-refractivity contribution < 1.29 is 62.1 Å². The standard InChI is InChI=1S/C44H88N2O12Si2.C5H10O.C3H5Br/c1-21-33-44(10,50)37(47)30(6)46(13)25-26(2)23-42(8,49)38(56-41-36(57-59(15,16)17)32(45(11)12)22-27(3)52-41)28(4)35(29(5)40(48)54-33)55-34-24-43(9,51-14)39(31(7)53-34)58-60(18,19)20;1-5-3-2-4-6-5;1-2-3-4/h26-39,41,47,49-50H,21-25H2,1-20H3;5H,2-4H2,1H3;2H,1,3H2/t26-,27-,28+,29-,30-,31+,32+,33-,34+,35+,36-,37-,38-,39+,41+,42-,43?,44-;;/m1../s1. The van der Waals surface area contributed by atoms with Crippen LogP contribution in [0.2, 0.25) is 39.3 Å². The van der Waals surface area contributed by atoms with Crippen molar-refractivity contribution in [3.05, 3.63) is 12.7 Å². The molecule has 2 unspecified atom stereocenters. The molecule has 0 aromatic heterocycles. The lowest BCUT2D eigenvalue weighted by atomic mass is 9.77. The van der Waals surface area contributed by atoms with Gasteiger partial charge in [0.1, 0.15) is 23.9 Å². The third kappa shape index (κ3) is 19.3. The first-order valence-electron chi connectivity index (χ1n) is 26.1. The van der Waals surface area contributed by atoms with Crippen molar-refractivity contribution in [3.8, 4) is 0 Å². The van der Waals surface area contributed by atoms with Crippen LogP contribution in [0.5, 0.6) is 0 Å². The highest BCUT2D eigenvalue weighted by Gasteiger charge is 2.54. The summed E-state index contributed by atoms with van der Waals surface area (Å²) < 4.78 is 58.5. The number of hydrogen-bond donors (Lipinski definition) is 3. The van der Waals surface area contributed by atoms with Crippen molar-refractivity contribution in [2.24, 2.45) is 17.8 Å². The van der Waals surface area contributed by atoms with E-state index < -0.39 is 106 Å². The fourth-order valence-corrected chi connectivity index (χ4v) is 12.9. The van der Waals surface area contributed by atoms with Crippen LogP contribution in [0.25, 0.3) is 0 Å². The van der Waals surface area contributed by atoms with Crippen molar-refractivity contribution in [3.63, 3.8) is 0 Å². The average molecular weight is 1100 g/mol. The molecule has 4 heterocycles. The third-order valence-corrected chi connectivity index (χ3v) is 16.8. The highest BCUT2D eigenvalue weighted by Crippen LogP contribution is 2.42. The fraction of sp³-hybridized carbons (Fsp3) is 0.942. The number of likely N-dealkylation sites (N-methyl/N-ethyl adjacent to an activating group) is 2. The molecule has 4 aliphatic heterocycles. The van der Waals surface area contributed by atoms with Gasteiger partial charge in [-0.05, 0) is 154 Å². The number of nitrogens with zero attached hydrogens (tertiary/aromatic N) is 2. The van der Waals surface area contributed by atoms with Gasteiger partial charge in [-0.25, -0.2) is 0 Å². The van der Waals surface area contributed by atoms with Crippen LogP contribution in [-0.2, 0) is 46.8 Å². The minimum atomic E-state index is -2.15. The second kappa shape index (κ2) is 28.1. The van der Waals surface area contributed by atoms with Gasteiger partial charge in [0.2, 0.25) is 0 Å². The molecule has 0 bridgehead atoms. The van der Waals surface area contributed by atoms with Crippen LogP contribution in [0.1, 0.15) is 115 Å². The summed E-state index contributed by atoms with van der Waals surface area (Å²) in [5, 5.41) is 37.4. The van der Waals surface area contributed by atoms with Gasteiger partial charge in [-0.3, -0.25) is 4.79 Å². The Morgan fingerprint density at radius 3 is 1.94 bits per heavy atom. The topological polar surface area (TPSA) is 167 Å². The number of aliphatic hydroxyl groups is 3. The molecule has 0 spiro atoms. The predicted octanol–water partition coefficient (Wildman–Crippen LogP) is 8.37. The smallest absolute Gasteiger partial charge is 0.311 e. The maximum Gasteiger partial charge on any atom is 0.311 e. The molecule has 414 valence electrons. The minimum Gasteiger partial charge on any atom is -0.459 e. The largest absolute Gasteiger partial charge is 0.459 e. The molecular formula is C52H103BrN2O13Si2. The molecule has 15 nitrogen and oxygen atoms in total. The lowest BCUT2D eigenvalue weighted by Gasteiger charge is -2.51. The zero-order valence-electron chi connectivity index (χ0n) is 47.6. The molecule has 70 heavy (non-hydrogen) atoms. The number of carbonyl (C=O) groups is 1. The van der Waals surface area contributed by atoms with Gasteiger partial charge in [-0.2, -0.15) is 0 Å². The zero-order chi connectivity index (χ0) is 53.9. The summed E-state index contributed by atoms with van der Waals surface area (Å²) in [4.78, 5) is 18.7. The first-order valence-corrected chi connectivity index (χ1v) is 34.0. The van der Waals surface area contributed by atoms with Gasteiger partial charge in [0.15, 0.2) is 29.2 Å². The molecule has 0 aliphatic carbocycles. The maximum absolute atomic E-state index is 14.6. The van der Waals surface area contributed by atoms with Gasteiger partial charge in [0, 0.05) is 50.0 Å². The molecule has 0 aromatic carbocycles. The molecule has 0 radical (unpaired) electrons. The number of esters is 1. The summed E-state index contributed by atoms with van der Waals surface area (Å²) in [6.07, 6.45) is -0.840. The van der Waals surface area contributed by atoms with E-state index in [0.29, 0.717) is 25.5 Å². The molecule has 4 fully saturated rings. The Labute approximate surface area is 436 Å². The number of carbonyl (C=O) groups excluding carboxylic acids is 1. The predicted molar refractivity (Wildman–Crippen MR) is 287 cm³/mol. The van der Waals surface area contributed by atoms with E-state index in [-0.39, 0.29) is 30.6 Å². The van der Waals surface area contributed by atoms with Crippen LogP contribution in [0.15, 0.2) is 12.7 Å². The van der Waals surface area contributed by atoms with Gasteiger partial charge in [-0.15, -0.1) is 6.58 Å². The summed E-state index contributed by atoms with van der Waals surface area (Å²) in [5.41, 5.74) is -4.06. The summed E-state index contributed by atoms with van der Waals surface area (Å²) in [6.45, 7) is 38.5. The second-order valence-corrected chi connectivity index (χ2v) is 33.4. The number of cyclic esters (lactones) is 1. The van der Waals surface area contributed by atoms with Crippen molar-refractivity contribution in [1.29, 1.82) is 0 Å². The van der Waals surface area contributed by atoms with E-state index >= 15 is 0 Å². The van der Waals surface area contributed by atoms with Crippen molar-refractivity contribution in [2.45, 2.75) is 250 Å². The normalized spacial score (nSPS) is 42.1. The number of aliphatic hydroxyl groups excluding tert-OH is 1. The van der Waals surface area contributed by atoms with E-state index in [1.165, 1.54) is 19.8 Å². The van der Waals surface area contributed by atoms with E-state index in [2.05, 4.69) is 80.5 Å². The highest BCUT2D eigenvalue weighted by atomic mass is 79.9. The van der Waals surface area contributed by atoms with E-state index in [0.717, 1.165) is 18.4 Å². The van der Waals surface area contributed by atoms with Crippen LogP contribution in [0.4, 0.5) is 0 Å². The average Bonchev–Trinajstić information content (AvgIpc) is 3.74. The molecule has 4 rings (SSSR count). The zero-order valence-corrected chi connectivity index (χ0v) is 51.2. The second-order valence-electron chi connectivity index (χ2n) is 23.8. The van der Waals surface area contributed by atoms with Crippen LogP contribution < -0.4 is 0 Å². The van der Waals surface area contributed by atoms with Crippen LogP contribution in [0, 0.1) is 17.8 Å². The Morgan fingerprint density at radius 1 is 0.900 bits per heavy atom. The lowest BCUT2D eigenvalue weighted by Crippen LogP contribution is -2.62. The first kappa shape index (κ1) is 65.7. The SMILES string of the molecule is C=CCBr.CC1CCCO1.CC[C@H]1OC(=O)[C@H](C)[C@@H](O[C@H]2CC(C)(OC)[C@@H](O[Si](C)(C)C)[C@H](C)O2)[C@H](C)[C@@H](O[C@@H]2O[C@H](C)C[C@H](N(C)C)[C@H]2O[Si](C)(C)C)[C@](C)(O)C[C@@H](C)CN(C)[C@H](C)[C@@H](O)[C@]1(C)O. The van der Waals surface area contributed by atoms with Crippen LogP contribution in [-0.4, -0.2) is 191 Å². The number of alkyl halides is 1. The Kier molecular flexibility index (Phi) is 26.4. The van der Waals surface area contributed by atoms with Gasteiger partial charge >= 0.3 is 5.97 Å². The Balaban J connectivity index is 0.00000150. The lowest BCUT2D eigenvalue weighted by molar-refractivity contribution is -0.315. The number of allylic oxidation sites excluding steroid dienone is 1. The molecule has 19 atom stereocenters. The number of methoxy groups -OCH3 is 1. The summed E-state index contributed by atoms with van der Waals surface area (Å²) in [5.74, 6) is -2.35. The van der Waals surface area contributed by atoms with E-state index in [9.17, 15) is 20.1 Å². The Morgan fingerprint density at radius 2 is 1.49 bits per heavy atom. The van der Waals surface area contributed by atoms with E-state index in [4.69, 9.17) is 42.0 Å². The van der Waals surface area contributed by atoms with Gasteiger partial charge in [-0.1, -0.05) is 42.8 Å². The van der Waals surface area contributed by atoms with Crippen LogP contribution in [0.3, 0.4) is 0 Å².